The van der Waals surface area contributed by atoms with Gasteiger partial charge < -0.3 is 5.32 Å². The summed E-state index contributed by atoms with van der Waals surface area (Å²) in [6, 6.07) is 0. The molecule has 7 heteroatoms. The summed E-state index contributed by atoms with van der Waals surface area (Å²) < 4.78 is 36.9. The highest BCUT2D eigenvalue weighted by molar-refractivity contribution is 9.10. The minimum absolute atomic E-state index is 0.0871. The molecule has 2 saturated carbocycles. The van der Waals surface area contributed by atoms with Gasteiger partial charge in [-0.15, -0.1) is 0 Å². The van der Waals surface area contributed by atoms with Gasteiger partial charge in [-0.2, -0.15) is 13.2 Å². The van der Waals surface area contributed by atoms with Gasteiger partial charge in [-0.1, -0.05) is 36.7 Å². The molecule has 0 aromatic heterocycles. The molecule has 2 aliphatic rings. The lowest BCUT2D eigenvalue weighted by Crippen LogP contribution is -2.52. The number of fused-ring (bicyclic) bond motifs is 2. The zero-order chi connectivity index (χ0) is 15.6. The largest absolute Gasteiger partial charge is 0.405 e. The third-order valence-corrected chi connectivity index (χ3v) is 6.77. The number of amides is 1. The monoisotopic (exact) mass is 355 g/mol. The van der Waals surface area contributed by atoms with Crippen LogP contribution in [0.4, 0.5) is 13.2 Å². The van der Waals surface area contributed by atoms with Crippen LogP contribution in [-0.2, 0) is 9.59 Å². The Bertz CT molecular complexity index is 477. The molecule has 0 aromatic carbocycles. The van der Waals surface area contributed by atoms with E-state index in [-0.39, 0.29) is 5.78 Å². The molecule has 114 valence electrons. The number of carbonyl (C=O) groups excluding carboxylic acids is 2. The van der Waals surface area contributed by atoms with Crippen LogP contribution in [0.3, 0.4) is 0 Å². The summed E-state index contributed by atoms with van der Waals surface area (Å²) in [5, 5.41) is 1.96. The van der Waals surface area contributed by atoms with Gasteiger partial charge in [0.25, 0.3) is 0 Å². The fourth-order valence-corrected chi connectivity index (χ4v) is 5.31. The lowest BCUT2D eigenvalue weighted by Gasteiger charge is -2.39. The number of halogens is 4. The normalized spacial score (nSPS) is 39.1. The van der Waals surface area contributed by atoms with E-state index in [1.165, 1.54) is 0 Å². The minimum Gasteiger partial charge on any atom is -0.346 e. The maximum atomic E-state index is 12.4. The van der Waals surface area contributed by atoms with E-state index in [2.05, 4.69) is 15.9 Å². The second-order valence-corrected chi connectivity index (χ2v) is 7.37. The molecule has 0 spiro atoms. The Morgan fingerprint density at radius 2 is 1.90 bits per heavy atom. The fraction of sp³-hybridized carbons (Fsp3) is 0.846. The highest BCUT2D eigenvalue weighted by Gasteiger charge is 2.76. The third kappa shape index (κ3) is 1.71. The first-order valence-electron chi connectivity index (χ1n) is 6.43. The molecule has 3 nitrogen and oxygen atoms in total. The van der Waals surface area contributed by atoms with E-state index in [0.717, 1.165) is 0 Å². The van der Waals surface area contributed by atoms with Gasteiger partial charge in [0.15, 0.2) is 5.78 Å². The Hall–Kier alpha value is -0.590. The lowest BCUT2D eigenvalue weighted by atomic mass is 9.64. The Kier molecular flexibility index (Phi) is 3.32. The topological polar surface area (TPSA) is 46.2 Å². The number of carbonyl (C=O) groups is 2. The predicted octanol–water partition coefficient (Wildman–Crippen LogP) is 2.82. The summed E-state index contributed by atoms with van der Waals surface area (Å²) >= 11 is 3.26. The van der Waals surface area contributed by atoms with E-state index in [0.29, 0.717) is 12.8 Å². The van der Waals surface area contributed by atoms with Crippen LogP contribution in [0.1, 0.15) is 33.6 Å². The SMILES string of the molecule is CC1(C)[C@]2(C)CC[C@@]1(C(=O)NCC(F)(F)F)[C@H](Br)C2=O. The van der Waals surface area contributed by atoms with Crippen molar-refractivity contribution in [1.29, 1.82) is 0 Å². The van der Waals surface area contributed by atoms with Gasteiger partial charge in [0.2, 0.25) is 5.91 Å². The Labute approximate surface area is 123 Å². The molecular weight excluding hydrogens is 339 g/mol. The molecule has 2 aliphatic carbocycles. The summed E-state index contributed by atoms with van der Waals surface area (Å²) in [5.74, 6) is -0.771. The summed E-state index contributed by atoms with van der Waals surface area (Å²) in [6.45, 7) is 4.03. The predicted molar refractivity (Wildman–Crippen MR) is 70.3 cm³/mol. The van der Waals surface area contributed by atoms with E-state index < -0.39 is 39.7 Å². The van der Waals surface area contributed by atoms with Gasteiger partial charge in [-0.3, -0.25) is 9.59 Å². The molecule has 0 aromatic rings. The fourth-order valence-electron chi connectivity index (χ4n) is 3.79. The summed E-state index contributed by atoms with van der Waals surface area (Å²) in [7, 11) is 0. The molecule has 0 radical (unpaired) electrons. The highest BCUT2D eigenvalue weighted by Crippen LogP contribution is 2.72. The molecular formula is C13H17BrF3NO2. The quantitative estimate of drug-likeness (QED) is 0.774. The first-order chi connectivity index (χ1) is 8.90. The van der Waals surface area contributed by atoms with E-state index in [4.69, 9.17) is 0 Å². The minimum atomic E-state index is -4.46. The van der Waals surface area contributed by atoms with Crippen molar-refractivity contribution >= 4 is 27.6 Å². The molecule has 20 heavy (non-hydrogen) atoms. The van der Waals surface area contributed by atoms with E-state index in [1.54, 1.807) is 20.8 Å². The van der Waals surface area contributed by atoms with Gasteiger partial charge in [0.1, 0.15) is 6.54 Å². The zero-order valence-corrected chi connectivity index (χ0v) is 13.1. The van der Waals surface area contributed by atoms with Crippen LogP contribution in [-0.4, -0.2) is 29.2 Å². The molecule has 0 saturated heterocycles. The number of ketones is 1. The number of nitrogens with one attached hydrogen (secondary N) is 1. The second-order valence-electron chi connectivity index (χ2n) is 6.45. The number of alkyl halides is 4. The molecule has 2 bridgehead atoms. The standard InChI is InChI=1S/C13H17BrF3NO2/c1-10(2)11(3)4-5-12(10,7(14)8(11)19)9(20)18-6-13(15,16)17/h7H,4-6H2,1-3H3,(H,18,20)/t7-,11-,12+/m1/s1. The van der Waals surface area contributed by atoms with Crippen molar-refractivity contribution in [2.45, 2.75) is 44.6 Å². The summed E-state index contributed by atoms with van der Waals surface area (Å²) in [6.07, 6.45) is -3.51. The number of Topliss-reactive ketones (excluding diaryl/α,β-unsaturated/α-hetero) is 1. The van der Waals surface area contributed by atoms with E-state index in [1.807, 2.05) is 5.32 Å². The van der Waals surface area contributed by atoms with E-state index in [9.17, 15) is 22.8 Å². The number of rotatable bonds is 2. The molecule has 3 atom stereocenters. The molecule has 0 heterocycles. The van der Waals surface area contributed by atoms with Gasteiger partial charge in [-0.05, 0) is 18.3 Å². The van der Waals surface area contributed by atoms with Crippen molar-refractivity contribution in [3.63, 3.8) is 0 Å². The van der Waals surface area contributed by atoms with E-state index >= 15 is 0 Å². The second kappa shape index (κ2) is 4.21. The molecule has 1 amide bonds. The molecule has 2 fully saturated rings. The van der Waals surface area contributed by atoms with Crippen molar-refractivity contribution in [3.05, 3.63) is 0 Å². The van der Waals surface area contributed by atoms with Gasteiger partial charge >= 0.3 is 6.18 Å². The molecule has 0 unspecified atom stereocenters. The van der Waals surface area contributed by atoms with Crippen LogP contribution in [0.2, 0.25) is 0 Å². The molecule has 0 aliphatic heterocycles. The van der Waals surface area contributed by atoms with Crippen LogP contribution < -0.4 is 5.32 Å². The Morgan fingerprint density at radius 3 is 2.30 bits per heavy atom. The van der Waals surface area contributed by atoms with Gasteiger partial charge in [0.05, 0.1) is 10.2 Å². The van der Waals surface area contributed by atoms with Crippen LogP contribution >= 0.6 is 15.9 Å². The summed E-state index contributed by atoms with van der Waals surface area (Å²) in [4.78, 5) is 24.0. The number of hydrogen-bond acceptors (Lipinski definition) is 2. The van der Waals surface area contributed by atoms with Crippen molar-refractivity contribution in [1.82, 2.24) is 5.32 Å². The van der Waals surface area contributed by atoms with Crippen molar-refractivity contribution in [2.24, 2.45) is 16.2 Å². The molecule has 2 rings (SSSR count). The van der Waals surface area contributed by atoms with Crippen molar-refractivity contribution in [2.75, 3.05) is 6.54 Å². The number of hydrogen-bond donors (Lipinski definition) is 1. The first kappa shape index (κ1) is 15.8. The Morgan fingerprint density at radius 1 is 1.35 bits per heavy atom. The first-order valence-corrected chi connectivity index (χ1v) is 7.35. The molecule has 1 N–H and O–H groups in total. The van der Waals surface area contributed by atoms with Crippen molar-refractivity contribution in [3.8, 4) is 0 Å². The average molecular weight is 356 g/mol. The zero-order valence-electron chi connectivity index (χ0n) is 11.5. The van der Waals surface area contributed by atoms with Crippen LogP contribution in [0.15, 0.2) is 0 Å². The van der Waals surface area contributed by atoms with Crippen molar-refractivity contribution < 1.29 is 22.8 Å². The van der Waals surface area contributed by atoms with Crippen LogP contribution in [0.5, 0.6) is 0 Å². The highest BCUT2D eigenvalue weighted by atomic mass is 79.9. The summed E-state index contributed by atoms with van der Waals surface area (Å²) in [5.41, 5.74) is -2.46. The maximum Gasteiger partial charge on any atom is 0.405 e. The Balaban J connectivity index is 2.34. The third-order valence-electron chi connectivity index (χ3n) is 5.58. The van der Waals surface area contributed by atoms with Gasteiger partial charge in [-0.25, -0.2) is 0 Å². The van der Waals surface area contributed by atoms with Gasteiger partial charge in [0, 0.05) is 5.41 Å². The smallest absolute Gasteiger partial charge is 0.346 e. The average Bonchev–Trinajstić information content (AvgIpc) is 2.58. The maximum absolute atomic E-state index is 12.4. The van der Waals surface area contributed by atoms with Crippen LogP contribution in [0, 0.1) is 16.2 Å². The lowest BCUT2D eigenvalue weighted by molar-refractivity contribution is -0.148. The van der Waals surface area contributed by atoms with Crippen LogP contribution in [0.25, 0.3) is 0 Å².